The summed E-state index contributed by atoms with van der Waals surface area (Å²) >= 11 is 0. The van der Waals surface area contributed by atoms with Gasteiger partial charge in [-0.3, -0.25) is 0 Å². The molecule has 4 N–H and O–H groups in total. The predicted octanol–water partition coefficient (Wildman–Crippen LogP) is -0.671. The van der Waals surface area contributed by atoms with Gasteiger partial charge < -0.3 is 11.5 Å². The Kier molecular flexibility index (Phi) is 13.1. The Bertz CT molecular complexity index is 63.5. The van der Waals surface area contributed by atoms with Crippen molar-refractivity contribution in [1.82, 2.24) is 0 Å². The molecule has 0 heterocycles. The van der Waals surface area contributed by atoms with Crippen molar-refractivity contribution in [3.8, 4) is 11.8 Å². The van der Waals surface area contributed by atoms with Crippen LogP contribution >= 0.6 is 12.4 Å². The van der Waals surface area contributed by atoms with Crippen LogP contribution in [0.15, 0.2) is 0 Å². The lowest BCUT2D eigenvalue weighted by molar-refractivity contribution is 1.26. The summed E-state index contributed by atoms with van der Waals surface area (Å²) in [5.74, 6) is 5.20. The molecule has 0 saturated carbocycles. The van der Waals surface area contributed by atoms with Crippen LogP contribution in [0.1, 0.15) is 0 Å². The first-order valence-electron chi connectivity index (χ1n) is 1.77. The summed E-state index contributed by atoms with van der Waals surface area (Å²) in [7, 11) is 0. The number of halogens is 1. The minimum atomic E-state index is 0. The minimum Gasteiger partial charge on any atom is -0.320 e. The first-order valence-corrected chi connectivity index (χ1v) is 1.77. The van der Waals surface area contributed by atoms with Gasteiger partial charge in [-0.1, -0.05) is 11.8 Å². The van der Waals surface area contributed by atoms with E-state index in [9.17, 15) is 0 Å². The third-order valence-electron chi connectivity index (χ3n) is 0.329. The average Bonchev–Trinajstić information content (AvgIpc) is 1.61. The molecule has 0 aromatic carbocycles. The van der Waals surface area contributed by atoms with Crippen LogP contribution in [0.5, 0.6) is 0 Å². The summed E-state index contributed by atoms with van der Waals surface area (Å²) in [5, 5.41) is 0. The molecule has 3 heteroatoms. The Morgan fingerprint density at radius 2 is 1.29 bits per heavy atom. The molecule has 0 fully saturated rings. The van der Waals surface area contributed by atoms with Crippen molar-refractivity contribution in [2.45, 2.75) is 0 Å². The highest BCUT2D eigenvalue weighted by atomic mass is 35.5. The Morgan fingerprint density at radius 1 is 1.00 bits per heavy atom. The molecule has 0 rings (SSSR count). The molecule has 0 amide bonds. The third-order valence-corrected chi connectivity index (χ3v) is 0.329. The highest BCUT2D eigenvalue weighted by Crippen LogP contribution is 1.41. The van der Waals surface area contributed by atoms with E-state index in [2.05, 4.69) is 11.8 Å². The fourth-order valence-corrected chi connectivity index (χ4v) is 0.144. The molecule has 0 bridgehead atoms. The van der Waals surface area contributed by atoms with Crippen LogP contribution in [0.4, 0.5) is 0 Å². The quantitative estimate of drug-likeness (QED) is 0.417. The molecule has 0 aromatic rings. The van der Waals surface area contributed by atoms with Gasteiger partial charge in [0.2, 0.25) is 0 Å². The van der Waals surface area contributed by atoms with Crippen LogP contribution in [-0.4, -0.2) is 13.1 Å². The second-order valence-electron chi connectivity index (χ2n) is 0.762. The Morgan fingerprint density at radius 3 is 1.43 bits per heavy atom. The van der Waals surface area contributed by atoms with Gasteiger partial charge in [0.25, 0.3) is 0 Å². The first kappa shape index (κ1) is 9.91. The predicted molar refractivity (Wildman–Crippen MR) is 33.1 cm³/mol. The zero-order chi connectivity index (χ0) is 4.83. The molecule has 0 unspecified atom stereocenters. The van der Waals surface area contributed by atoms with E-state index < -0.39 is 0 Å². The normalized spacial score (nSPS) is 5.43. The number of hydrogen-bond acceptors (Lipinski definition) is 2. The summed E-state index contributed by atoms with van der Waals surface area (Å²) in [6, 6.07) is 0. The van der Waals surface area contributed by atoms with Crippen molar-refractivity contribution >= 4 is 12.4 Å². The van der Waals surface area contributed by atoms with Crippen molar-refractivity contribution in [2.24, 2.45) is 11.5 Å². The molecule has 7 heavy (non-hydrogen) atoms. The van der Waals surface area contributed by atoms with E-state index in [1.165, 1.54) is 0 Å². The highest BCUT2D eigenvalue weighted by molar-refractivity contribution is 5.85. The van der Waals surface area contributed by atoms with Gasteiger partial charge in [-0.2, -0.15) is 0 Å². The molecule has 0 aromatic heterocycles. The number of rotatable bonds is 0. The van der Waals surface area contributed by atoms with Gasteiger partial charge in [-0.25, -0.2) is 0 Å². The smallest absolute Gasteiger partial charge is 0.0551 e. The SMILES string of the molecule is Cl.NCC#CCN. The summed E-state index contributed by atoms with van der Waals surface area (Å²) in [5.41, 5.74) is 9.97. The number of hydrogen-bond donors (Lipinski definition) is 2. The van der Waals surface area contributed by atoms with Crippen molar-refractivity contribution in [2.75, 3.05) is 13.1 Å². The summed E-state index contributed by atoms with van der Waals surface area (Å²) in [6.07, 6.45) is 0. The molecule has 0 radical (unpaired) electrons. The fraction of sp³-hybridized carbons (Fsp3) is 0.500. The van der Waals surface area contributed by atoms with Crippen molar-refractivity contribution in [1.29, 1.82) is 0 Å². The van der Waals surface area contributed by atoms with Gasteiger partial charge in [-0.15, -0.1) is 12.4 Å². The van der Waals surface area contributed by atoms with E-state index in [4.69, 9.17) is 11.5 Å². The van der Waals surface area contributed by atoms with Gasteiger partial charge in [0.15, 0.2) is 0 Å². The molecule has 0 saturated heterocycles. The van der Waals surface area contributed by atoms with E-state index in [1.807, 2.05) is 0 Å². The summed E-state index contributed by atoms with van der Waals surface area (Å²) < 4.78 is 0. The summed E-state index contributed by atoms with van der Waals surface area (Å²) in [4.78, 5) is 0. The maximum atomic E-state index is 4.99. The van der Waals surface area contributed by atoms with Crippen molar-refractivity contribution in [3.05, 3.63) is 0 Å². The zero-order valence-electron chi connectivity index (χ0n) is 3.98. The molecule has 0 aliphatic rings. The van der Waals surface area contributed by atoms with Crippen LogP contribution in [0.3, 0.4) is 0 Å². The molecule has 0 aliphatic carbocycles. The van der Waals surface area contributed by atoms with E-state index in [0.717, 1.165) is 0 Å². The Hall–Kier alpha value is -0.230. The largest absolute Gasteiger partial charge is 0.320 e. The topological polar surface area (TPSA) is 52.0 Å². The lowest BCUT2D eigenvalue weighted by atomic mass is 10.6. The monoisotopic (exact) mass is 120 g/mol. The standard InChI is InChI=1S/C4H8N2.ClH/c5-3-1-2-4-6;/h3-6H2;1H. The van der Waals surface area contributed by atoms with E-state index in [1.54, 1.807) is 0 Å². The Balaban J connectivity index is 0. The van der Waals surface area contributed by atoms with Crippen LogP contribution in [0.2, 0.25) is 0 Å². The second-order valence-corrected chi connectivity index (χ2v) is 0.762. The maximum Gasteiger partial charge on any atom is 0.0551 e. The highest BCUT2D eigenvalue weighted by Gasteiger charge is 1.55. The third kappa shape index (κ3) is 10.7. The molecule has 2 nitrogen and oxygen atoms in total. The van der Waals surface area contributed by atoms with E-state index in [0.29, 0.717) is 13.1 Å². The van der Waals surface area contributed by atoms with E-state index >= 15 is 0 Å². The second kappa shape index (κ2) is 9.24. The fourth-order valence-electron chi connectivity index (χ4n) is 0.144. The molecule has 0 spiro atoms. The van der Waals surface area contributed by atoms with Gasteiger partial charge in [0, 0.05) is 0 Å². The van der Waals surface area contributed by atoms with Gasteiger partial charge in [0.05, 0.1) is 13.1 Å². The first-order chi connectivity index (χ1) is 2.91. The van der Waals surface area contributed by atoms with Crippen LogP contribution in [-0.2, 0) is 0 Å². The van der Waals surface area contributed by atoms with Crippen molar-refractivity contribution in [3.63, 3.8) is 0 Å². The van der Waals surface area contributed by atoms with Gasteiger partial charge >= 0.3 is 0 Å². The zero-order valence-corrected chi connectivity index (χ0v) is 4.79. The van der Waals surface area contributed by atoms with Crippen LogP contribution in [0, 0.1) is 11.8 Å². The molecular formula is C4H9ClN2. The Labute approximate surface area is 49.7 Å². The minimum absolute atomic E-state index is 0. The molecule has 42 valence electrons. The van der Waals surface area contributed by atoms with Crippen molar-refractivity contribution < 1.29 is 0 Å². The van der Waals surface area contributed by atoms with Crippen LogP contribution in [0.25, 0.3) is 0 Å². The lowest BCUT2D eigenvalue weighted by Crippen LogP contribution is -1.97. The lowest BCUT2D eigenvalue weighted by Gasteiger charge is -1.67. The average molecular weight is 121 g/mol. The maximum absolute atomic E-state index is 4.99. The molecular weight excluding hydrogens is 112 g/mol. The molecule has 0 aliphatic heterocycles. The van der Waals surface area contributed by atoms with Crippen LogP contribution < -0.4 is 11.5 Å². The van der Waals surface area contributed by atoms with Gasteiger partial charge in [-0.05, 0) is 0 Å². The van der Waals surface area contributed by atoms with E-state index in [-0.39, 0.29) is 12.4 Å². The summed E-state index contributed by atoms with van der Waals surface area (Å²) in [6.45, 7) is 0.828. The van der Waals surface area contributed by atoms with Gasteiger partial charge in [0.1, 0.15) is 0 Å². The molecule has 0 atom stereocenters. The number of nitrogens with two attached hydrogens (primary N) is 2.